The van der Waals surface area contributed by atoms with Crippen LogP contribution in [0.2, 0.25) is 0 Å². The predicted octanol–water partition coefficient (Wildman–Crippen LogP) is 1.86. The topological polar surface area (TPSA) is 59.2 Å². The number of aromatic nitrogens is 3. The third-order valence-electron chi connectivity index (χ3n) is 3.88. The highest BCUT2D eigenvalue weighted by atomic mass is 127. The van der Waals surface area contributed by atoms with Crippen molar-refractivity contribution in [3.8, 4) is 0 Å². The molecule has 2 N–H and O–H groups in total. The van der Waals surface area contributed by atoms with Crippen molar-refractivity contribution in [2.45, 2.75) is 26.8 Å². The van der Waals surface area contributed by atoms with Crippen LogP contribution in [0.15, 0.2) is 29.5 Å². The number of rotatable bonds is 6. The molecule has 0 aliphatic heterocycles. The van der Waals surface area contributed by atoms with E-state index in [0.29, 0.717) is 0 Å². The lowest BCUT2D eigenvalue weighted by Crippen LogP contribution is -2.39. The largest absolute Gasteiger partial charge is 0.356 e. The van der Waals surface area contributed by atoms with E-state index in [0.717, 1.165) is 37.7 Å². The van der Waals surface area contributed by atoms with E-state index in [-0.39, 0.29) is 24.0 Å². The van der Waals surface area contributed by atoms with Crippen LogP contribution in [0.5, 0.6) is 0 Å². The van der Waals surface area contributed by atoms with Gasteiger partial charge in [-0.2, -0.15) is 5.10 Å². The first-order valence-corrected chi connectivity index (χ1v) is 7.66. The van der Waals surface area contributed by atoms with Crippen molar-refractivity contribution < 1.29 is 0 Å². The molecule has 0 aliphatic carbocycles. The Morgan fingerprint density at radius 3 is 2.39 bits per heavy atom. The molecule has 0 atom stereocenters. The number of hydrogen-bond donors (Lipinski definition) is 2. The van der Waals surface area contributed by atoms with Crippen molar-refractivity contribution in [3.63, 3.8) is 0 Å². The molecule has 2 heterocycles. The van der Waals surface area contributed by atoms with Crippen LogP contribution in [0.25, 0.3) is 0 Å². The lowest BCUT2D eigenvalue weighted by molar-refractivity contribution is 0.665. The molecule has 128 valence electrons. The minimum Gasteiger partial charge on any atom is -0.356 e. The van der Waals surface area contributed by atoms with E-state index >= 15 is 0 Å². The first kappa shape index (κ1) is 19.5. The van der Waals surface area contributed by atoms with Gasteiger partial charge in [0.2, 0.25) is 0 Å². The van der Waals surface area contributed by atoms with Gasteiger partial charge in [0.25, 0.3) is 0 Å². The van der Waals surface area contributed by atoms with Gasteiger partial charge in [-0.25, -0.2) is 0 Å². The summed E-state index contributed by atoms with van der Waals surface area (Å²) in [6, 6.07) is 4.07. The maximum atomic E-state index is 4.45. The second-order valence-electron chi connectivity index (χ2n) is 5.37. The fourth-order valence-corrected chi connectivity index (χ4v) is 2.53. The summed E-state index contributed by atoms with van der Waals surface area (Å²) in [6.07, 6.45) is 5.07. The van der Waals surface area contributed by atoms with Gasteiger partial charge >= 0.3 is 0 Å². The first-order valence-electron chi connectivity index (χ1n) is 7.66. The molecular weight excluding hydrogens is 403 g/mol. The van der Waals surface area contributed by atoms with Gasteiger partial charge in [-0.3, -0.25) is 9.67 Å². The summed E-state index contributed by atoms with van der Waals surface area (Å²) in [5.41, 5.74) is 3.66. The zero-order valence-corrected chi connectivity index (χ0v) is 16.7. The van der Waals surface area contributed by atoms with Crippen molar-refractivity contribution in [3.05, 3.63) is 41.5 Å². The van der Waals surface area contributed by atoms with Crippen molar-refractivity contribution in [2.75, 3.05) is 20.1 Å². The Labute approximate surface area is 155 Å². The number of aliphatic imine (C=N–C) groups is 1. The average molecular weight is 430 g/mol. The summed E-state index contributed by atoms with van der Waals surface area (Å²) in [4.78, 5) is 4.25. The number of guanidine groups is 1. The van der Waals surface area contributed by atoms with Gasteiger partial charge in [-0.05, 0) is 38.0 Å². The molecule has 7 heteroatoms. The van der Waals surface area contributed by atoms with Gasteiger partial charge in [-0.15, -0.1) is 24.0 Å². The van der Waals surface area contributed by atoms with E-state index in [1.54, 1.807) is 7.05 Å². The lowest BCUT2D eigenvalue weighted by atomic mass is 10.1. The Morgan fingerprint density at radius 2 is 1.83 bits per heavy atom. The predicted molar refractivity (Wildman–Crippen MR) is 106 cm³/mol. The van der Waals surface area contributed by atoms with E-state index in [9.17, 15) is 0 Å². The van der Waals surface area contributed by atoms with Gasteiger partial charge < -0.3 is 15.2 Å². The molecule has 0 spiro atoms. The molecule has 0 fully saturated rings. The van der Waals surface area contributed by atoms with Crippen LogP contribution in [0.4, 0.5) is 0 Å². The highest BCUT2D eigenvalue weighted by molar-refractivity contribution is 14.0. The van der Waals surface area contributed by atoms with E-state index < -0.39 is 0 Å². The van der Waals surface area contributed by atoms with Crippen molar-refractivity contribution >= 4 is 29.9 Å². The highest BCUT2D eigenvalue weighted by Crippen LogP contribution is 2.11. The summed E-state index contributed by atoms with van der Waals surface area (Å²) in [5, 5.41) is 11.1. The molecule has 23 heavy (non-hydrogen) atoms. The smallest absolute Gasteiger partial charge is 0.191 e. The van der Waals surface area contributed by atoms with Crippen LogP contribution in [-0.2, 0) is 20.0 Å². The monoisotopic (exact) mass is 430 g/mol. The number of aryl methyl sites for hydroxylation is 2. The maximum absolute atomic E-state index is 4.45. The maximum Gasteiger partial charge on any atom is 0.191 e. The Hall–Kier alpha value is -1.51. The zero-order valence-electron chi connectivity index (χ0n) is 14.3. The Bertz CT molecular complexity index is 615. The van der Waals surface area contributed by atoms with E-state index in [1.807, 2.05) is 23.9 Å². The normalized spacial score (nSPS) is 11.2. The Kier molecular flexibility index (Phi) is 8.15. The quantitative estimate of drug-likeness (QED) is 0.418. The molecule has 2 aromatic rings. The molecule has 0 bridgehead atoms. The Balaban J connectivity index is 0.00000264. The van der Waals surface area contributed by atoms with Gasteiger partial charge in [0, 0.05) is 51.8 Å². The third kappa shape index (κ3) is 5.56. The molecule has 0 saturated carbocycles. The minimum atomic E-state index is 0. The molecule has 0 amide bonds. The zero-order chi connectivity index (χ0) is 15.9. The van der Waals surface area contributed by atoms with Crippen molar-refractivity contribution in [2.24, 2.45) is 12.0 Å². The van der Waals surface area contributed by atoms with Crippen LogP contribution in [0, 0.1) is 13.8 Å². The van der Waals surface area contributed by atoms with Crippen molar-refractivity contribution in [1.29, 1.82) is 0 Å². The number of nitrogens with one attached hydrogen (secondary N) is 2. The minimum absolute atomic E-state index is 0. The third-order valence-corrected chi connectivity index (χ3v) is 3.88. The van der Waals surface area contributed by atoms with Crippen LogP contribution in [0.1, 0.15) is 17.0 Å². The van der Waals surface area contributed by atoms with Crippen LogP contribution in [0.3, 0.4) is 0 Å². The average Bonchev–Trinajstić information content (AvgIpc) is 3.09. The van der Waals surface area contributed by atoms with Gasteiger partial charge in [0.1, 0.15) is 0 Å². The van der Waals surface area contributed by atoms with Gasteiger partial charge in [-0.1, -0.05) is 0 Å². The lowest BCUT2D eigenvalue weighted by Gasteiger charge is -2.12. The van der Waals surface area contributed by atoms with Crippen LogP contribution in [-0.4, -0.2) is 40.4 Å². The number of hydrogen-bond acceptors (Lipinski definition) is 2. The van der Waals surface area contributed by atoms with E-state index in [1.165, 1.54) is 11.3 Å². The Morgan fingerprint density at radius 1 is 1.17 bits per heavy atom. The van der Waals surface area contributed by atoms with E-state index in [4.69, 9.17) is 0 Å². The highest BCUT2D eigenvalue weighted by Gasteiger charge is 2.08. The molecule has 0 saturated heterocycles. The summed E-state index contributed by atoms with van der Waals surface area (Å²) < 4.78 is 4.08. The molecular formula is C16H27IN6. The van der Waals surface area contributed by atoms with Crippen LogP contribution >= 0.6 is 24.0 Å². The number of nitrogens with zero attached hydrogens (tertiary/aromatic N) is 4. The molecule has 0 radical (unpaired) electrons. The number of halogens is 1. The second-order valence-corrected chi connectivity index (χ2v) is 5.37. The summed E-state index contributed by atoms with van der Waals surface area (Å²) in [6.45, 7) is 6.79. The standard InChI is InChI=1S/C16H26N6.HI/c1-13-15(14(2)21(4)20-13)7-8-18-16(17-3)19-9-12-22-10-5-6-11-22;/h5-6,10-11H,7-9,12H2,1-4H3,(H2,17,18,19);1H. The molecule has 0 unspecified atom stereocenters. The fourth-order valence-electron chi connectivity index (χ4n) is 2.53. The van der Waals surface area contributed by atoms with E-state index in [2.05, 4.69) is 51.5 Å². The molecule has 6 nitrogen and oxygen atoms in total. The van der Waals surface area contributed by atoms with Gasteiger partial charge in [0.15, 0.2) is 5.96 Å². The fraction of sp³-hybridized carbons (Fsp3) is 0.500. The van der Waals surface area contributed by atoms with Gasteiger partial charge in [0.05, 0.1) is 5.69 Å². The summed E-state index contributed by atoms with van der Waals surface area (Å²) in [5.74, 6) is 0.839. The molecule has 0 aliphatic rings. The summed E-state index contributed by atoms with van der Waals surface area (Å²) >= 11 is 0. The first-order chi connectivity index (χ1) is 10.6. The SMILES string of the molecule is CN=C(NCCc1c(C)nn(C)c1C)NCCn1cccc1.I. The molecule has 2 aromatic heterocycles. The van der Waals surface area contributed by atoms with Crippen LogP contribution < -0.4 is 10.6 Å². The summed E-state index contributed by atoms with van der Waals surface area (Å²) in [7, 11) is 3.78. The van der Waals surface area contributed by atoms with Crippen molar-refractivity contribution in [1.82, 2.24) is 25.0 Å². The second kappa shape index (κ2) is 9.59. The molecule has 0 aromatic carbocycles. The molecule has 2 rings (SSSR count).